The first kappa shape index (κ1) is 9.21. The second-order valence-corrected chi connectivity index (χ2v) is 4.37. The molecule has 1 fully saturated rings. The van der Waals surface area contributed by atoms with E-state index in [4.69, 9.17) is 21.1 Å². The number of hydrogen-bond acceptors (Lipinski definition) is 4. The Kier molecular flexibility index (Phi) is 1.83. The quantitative estimate of drug-likeness (QED) is 0.522. The molecule has 1 heterocycles. The number of fused-ring (bicyclic) bond motifs is 1. The molecule has 0 aromatic carbocycles. The van der Waals surface area contributed by atoms with Crippen molar-refractivity contribution in [3.63, 3.8) is 0 Å². The van der Waals surface area contributed by atoms with Gasteiger partial charge in [0, 0.05) is 5.92 Å². The Hall–Kier alpha value is -1.03. The Labute approximate surface area is 91.2 Å². The topological polar surface area (TPSA) is 52.6 Å². The lowest BCUT2D eigenvalue weighted by Gasteiger charge is -2.19. The van der Waals surface area contributed by atoms with E-state index >= 15 is 0 Å². The van der Waals surface area contributed by atoms with E-state index in [-0.39, 0.29) is 29.8 Å². The summed E-state index contributed by atoms with van der Waals surface area (Å²) in [5.41, 5.74) is 1.04. The number of ether oxygens (including phenoxy) is 2. The number of rotatable bonds is 2. The van der Waals surface area contributed by atoms with Gasteiger partial charge < -0.3 is 9.47 Å². The number of esters is 2. The average Bonchev–Trinajstić information content (AvgIpc) is 2.81. The van der Waals surface area contributed by atoms with E-state index in [2.05, 4.69) is 0 Å². The fraction of sp³-hybridized carbons (Fsp3) is 0.600. The molecule has 3 aliphatic rings. The van der Waals surface area contributed by atoms with Gasteiger partial charge in [0.2, 0.25) is 0 Å². The molecule has 0 saturated heterocycles. The highest BCUT2D eigenvalue weighted by Crippen LogP contribution is 2.54. The van der Waals surface area contributed by atoms with Crippen LogP contribution in [-0.2, 0) is 19.1 Å². The molecule has 4 nitrogen and oxygen atoms in total. The van der Waals surface area contributed by atoms with Crippen molar-refractivity contribution >= 4 is 23.5 Å². The molecular weight excluding hydrogens is 220 g/mol. The van der Waals surface area contributed by atoms with Crippen LogP contribution in [0.5, 0.6) is 0 Å². The van der Waals surface area contributed by atoms with Gasteiger partial charge in [-0.2, -0.15) is 0 Å². The van der Waals surface area contributed by atoms with Crippen LogP contribution in [-0.4, -0.2) is 23.9 Å². The van der Waals surface area contributed by atoms with Crippen molar-refractivity contribution in [2.45, 2.75) is 18.9 Å². The average molecular weight is 229 g/mol. The molecule has 1 aliphatic heterocycles. The van der Waals surface area contributed by atoms with Crippen molar-refractivity contribution in [3.8, 4) is 0 Å². The predicted octanol–water partition coefficient (Wildman–Crippen LogP) is 0.988. The Bertz CT molecular complexity index is 387. The standard InChI is InChI=1S/C10H9ClO4/c11-3-7(12)14-8-4-1-5-6(2-4)10(13)15-9(5)8/h4,6,8H,1-3H2. The highest BCUT2D eigenvalue weighted by Gasteiger charge is 2.55. The maximum absolute atomic E-state index is 11.4. The van der Waals surface area contributed by atoms with E-state index in [1.54, 1.807) is 0 Å². The van der Waals surface area contributed by atoms with Gasteiger partial charge in [0.15, 0.2) is 6.10 Å². The number of hydrogen-bond donors (Lipinski definition) is 0. The van der Waals surface area contributed by atoms with Gasteiger partial charge in [0.1, 0.15) is 11.6 Å². The molecule has 0 radical (unpaired) electrons. The summed E-state index contributed by atoms with van der Waals surface area (Å²) in [6, 6.07) is 0. The molecule has 2 bridgehead atoms. The van der Waals surface area contributed by atoms with Crippen molar-refractivity contribution in [3.05, 3.63) is 11.3 Å². The normalized spacial score (nSPS) is 36.1. The summed E-state index contributed by atoms with van der Waals surface area (Å²) in [7, 11) is 0. The zero-order chi connectivity index (χ0) is 10.6. The van der Waals surface area contributed by atoms with Crippen LogP contribution in [0.1, 0.15) is 12.8 Å². The Morgan fingerprint density at radius 1 is 1.60 bits per heavy atom. The van der Waals surface area contributed by atoms with Gasteiger partial charge in [0.05, 0.1) is 5.92 Å². The lowest BCUT2D eigenvalue weighted by molar-refractivity contribution is -0.150. The molecule has 0 spiro atoms. The van der Waals surface area contributed by atoms with Crippen molar-refractivity contribution in [1.82, 2.24) is 0 Å². The van der Waals surface area contributed by atoms with Gasteiger partial charge in [-0.1, -0.05) is 0 Å². The van der Waals surface area contributed by atoms with Crippen LogP contribution < -0.4 is 0 Å². The van der Waals surface area contributed by atoms with Crippen LogP contribution in [0.15, 0.2) is 11.3 Å². The van der Waals surface area contributed by atoms with Gasteiger partial charge in [-0.25, -0.2) is 0 Å². The Morgan fingerprint density at radius 3 is 3.13 bits per heavy atom. The van der Waals surface area contributed by atoms with Gasteiger partial charge in [-0.3, -0.25) is 9.59 Å². The molecule has 3 unspecified atom stereocenters. The zero-order valence-electron chi connectivity index (χ0n) is 7.86. The molecule has 2 aliphatic carbocycles. The highest BCUT2D eigenvalue weighted by atomic mass is 35.5. The molecule has 0 aromatic heterocycles. The molecule has 0 N–H and O–H groups in total. The highest BCUT2D eigenvalue weighted by molar-refractivity contribution is 6.26. The molecule has 0 aromatic rings. The van der Waals surface area contributed by atoms with Crippen LogP contribution in [0, 0.1) is 11.8 Å². The molecule has 0 amide bonds. The third-order valence-electron chi connectivity index (χ3n) is 3.31. The molecular formula is C10H9ClO4. The summed E-state index contributed by atoms with van der Waals surface area (Å²) >= 11 is 5.36. The van der Waals surface area contributed by atoms with Crippen molar-refractivity contribution in [2.24, 2.45) is 11.8 Å². The molecule has 80 valence electrons. The first-order valence-electron chi connectivity index (χ1n) is 4.90. The second-order valence-electron chi connectivity index (χ2n) is 4.11. The minimum Gasteiger partial charge on any atom is -0.453 e. The summed E-state index contributed by atoms with van der Waals surface area (Å²) in [5.74, 6) is -0.0635. The largest absolute Gasteiger partial charge is 0.453 e. The third kappa shape index (κ3) is 1.14. The fourth-order valence-electron chi connectivity index (χ4n) is 2.72. The molecule has 1 saturated carbocycles. The lowest BCUT2D eigenvalue weighted by atomic mass is 9.95. The van der Waals surface area contributed by atoms with Gasteiger partial charge >= 0.3 is 11.9 Å². The third-order valence-corrected chi connectivity index (χ3v) is 3.53. The number of carbonyl (C=O) groups is 2. The minimum absolute atomic E-state index is 0.0593. The first-order chi connectivity index (χ1) is 7.20. The molecule has 3 atom stereocenters. The van der Waals surface area contributed by atoms with E-state index in [0.717, 1.165) is 18.4 Å². The van der Waals surface area contributed by atoms with Gasteiger partial charge in [0.25, 0.3) is 0 Å². The smallest absolute Gasteiger partial charge is 0.321 e. The Balaban J connectivity index is 1.84. The minimum atomic E-state index is -0.457. The van der Waals surface area contributed by atoms with Crippen LogP contribution >= 0.6 is 11.6 Å². The molecule has 3 rings (SSSR count). The Morgan fingerprint density at radius 2 is 2.40 bits per heavy atom. The zero-order valence-corrected chi connectivity index (χ0v) is 8.62. The summed E-state index contributed by atoms with van der Waals surface area (Å²) < 4.78 is 10.3. The van der Waals surface area contributed by atoms with Gasteiger partial charge in [-0.05, 0) is 18.4 Å². The van der Waals surface area contributed by atoms with E-state index in [1.165, 1.54) is 0 Å². The van der Waals surface area contributed by atoms with Crippen LogP contribution in [0.4, 0.5) is 0 Å². The second kappa shape index (κ2) is 2.98. The van der Waals surface area contributed by atoms with Crippen molar-refractivity contribution < 1.29 is 19.1 Å². The summed E-state index contributed by atoms with van der Waals surface area (Å²) in [6.45, 7) is 0. The summed E-state index contributed by atoms with van der Waals surface area (Å²) in [6.07, 6.45) is 1.21. The SMILES string of the molecule is O=C(CCl)OC1C2=C3CC1CC3C(=O)O2. The maximum Gasteiger partial charge on any atom is 0.321 e. The number of halogens is 1. The fourth-order valence-corrected chi connectivity index (χ4v) is 2.78. The number of alkyl halides is 1. The van der Waals surface area contributed by atoms with E-state index in [1.807, 2.05) is 0 Å². The summed E-state index contributed by atoms with van der Waals surface area (Å²) in [4.78, 5) is 22.4. The van der Waals surface area contributed by atoms with Crippen LogP contribution in [0.25, 0.3) is 0 Å². The predicted molar refractivity (Wildman–Crippen MR) is 49.9 cm³/mol. The van der Waals surface area contributed by atoms with E-state index < -0.39 is 5.97 Å². The van der Waals surface area contributed by atoms with E-state index in [0.29, 0.717) is 5.76 Å². The molecule has 5 heteroatoms. The maximum atomic E-state index is 11.4. The monoisotopic (exact) mass is 228 g/mol. The van der Waals surface area contributed by atoms with Crippen LogP contribution in [0.3, 0.4) is 0 Å². The van der Waals surface area contributed by atoms with Crippen molar-refractivity contribution in [1.29, 1.82) is 0 Å². The first-order valence-corrected chi connectivity index (χ1v) is 5.44. The van der Waals surface area contributed by atoms with Crippen LogP contribution in [0.2, 0.25) is 0 Å². The van der Waals surface area contributed by atoms with E-state index in [9.17, 15) is 9.59 Å². The lowest BCUT2D eigenvalue weighted by Crippen LogP contribution is -2.26. The summed E-state index contributed by atoms with van der Waals surface area (Å²) in [5, 5.41) is 0. The number of carbonyl (C=O) groups excluding carboxylic acids is 2. The van der Waals surface area contributed by atoms with Gasteiger partial charge in [-0.15, -0.1) is 11.6 Å². The molecule has 15 heavy (non-hydrogen) atoms. The van der Waals surface area contributed by atoms with Crippen molar-refractivity contribution in [2.75, 3.05) is 5.88 Å².